The summed E-state index contributed by atoms with van der Waals surface area (Å²) < 4.78 is 8.74. The smallest absolute Gasteiger partial charge is 0.550 e. The van der Waals surface area contributed by atoms with E-state index >= 15 is 0 Å². The Bertz CT molecular complexity index is 388. The van der Waals surface area contributed by atoms with E-state index in [9.17, 15) is 19.8 Å². The van der Waals surface area contributed by atoms with Gasteiger partial charge in [0, 0.05) is 11.9 Å². The van der Waals surface area contributed by atoms with Gasteiger partial charge in [-0.3, -0.25) is 4.46 Å². The molecule has 0 spiro atoms. The van der Waals surface area contributed by atoms with Crippen molar-refractivity contribution in [3.8, 4) is 0 Å². The third-order valence-corrected chi connectivity index (χ3v) is 4.97. The van der Waals surface area contributed by atoms with Crippen LogP contribution >= 0.6 is 0 Å². The maximum absolute atomic E-state index is 10.1. The van der Waals surface area contributed by atoms with E-state index in [0.717, 1.165) is 25.7 Å². The molecule has 0 aliphatic rings. The third-order valence-electron chi connectivity index (χ3n) is 4.97. The summed E-state index contributed by atoms with van der Waals surface area (Å²) >= 11 is 0. The summed E-state index contributed by atoms with van der Waals surface area (Å²) in [6, 6.07) is 0. The van der Waals surface area contributed by atoms with E-state index in [2.05, 4.69) is 13.8 Å². The Kier molecular flexibility index (Phi) is 43.4. The van der Waals surface area contributed by atoms with Crippen LogP contribution in [0.4, 0.5) is 0 Å². The molecule has 0 saturated heterocycles. The Hall–Kier alpha value is -0.521. The molecule has 192 valence electrons. The van der Waals surface area contributed by atoms with E-state index in [4.69, 9.17) is 14.1 Å². The fourth-order valence-corrected chi connectivity index (χ4v) is 3.16. The van der Waals surface area contributed by atoms with Gasteiger partial charge in [0.15, 0.2) is 0 Å². The second-order valence-corrected chi connectivity index (χ2v) is 8.75. The quantitative estimate of drug-likeness (QED) is 0.163. The number of unbranched alkanes of at least 4 members (excludes halogenated alkanes) is 16. The molecule has 7 nitrogen and oxygen atoms in total. The molecule has 0 aliphatic carbocycles. The predicted molar refractivity (Wildman–Crippen MR) is 125 cm³/mol. The number of hydrogen-bond acceptors (Lipinski definition) is 5. The minimum absolute atomic E-state index is 0. The summed E-state index contributed by atoms with van der Waals surface area (Å²) in [6.07, 6.45) is 22.3. The Morgan fingerprint density at radius 2 is 0.727 bits per heavy atom. The zero-order valence-corrected chi connectivity index (χ0v) is 26.3. The summed E-state index contributed by atoms with van der Waals surface area (Å²) in [5.41, 5.74) is 0. The molecule has 0 heterocycles. The van der Waals surface area contributed by atoms with Crippen LogP contribution in [-0.2, 0) is 41.3 Å². The number of rotatable bonds is 20. The van der Waals surface area contributed by atoms with Crippen molar-refractivity contribution in [2.24, 2.45) is 0 Å². The number of aliphatic carboxylic acids is 2. The zero-order valence-electron chi connectivity index (χ0n) is 21.3. The summed E-state index contributed by atoms with van der Waals surface area (Å²) in [5.74, 6) is -1.82. The third kappa shape index (κ3) is 59.3. The van der Waals surface area contributed by atoms with Crippen LogP contribution in [0.25, 0.3) is 0 Å². The van der Waals surface area contributed by atoms with Gasteiger partial charge in [-0.25, -0.2) is 0 Å². The molecule has 2 N–H and O–H groups in total. The SMILES string of the molecule is CCCCCCCCCCCC(=O)[O-].CCCCCCCCCCCC(=O)[O-].O=[Si](O)O.[Cd+2]. The molecule has 0 saturated carbocycles. The van der Waals surface area contributed by atoms with Crippen molar-refractivity contribution in [2.75, 3.05) is 0 Å². The van der Waals surface area contributed by atoms with Crippen molar-refractivity contribution >= 4 is 21.1 Å². The first-order valence-corrected chi connectivity index (χ1v) is 13.9. The van der Waals surface area contributed by atoms with Gasteiger partial charge in [0.1, 0.15) is 0 Å². The van der Waals surface area contributed by atoms with Crippen molar-refractivity contribution in [1.82, 2.24) is 0 Å². The molecular weight excluding hydrogens is 541 g/mol. The summed E-state index contributed by atoms with van der Waals surface area (Å²) in [7, 11) is -3.13. The molecule has 0 aromatic carbocycles. The Balaban J connectivity index is -0.000000213. The molecule has 33 heavy (non-hydrogen) atoms. The average molecular weight is 589 g/mol. The van der Waals surface area contributed by atoms with Crippen LogP contribution in [0, 0.1) is 0 Å². The number of carboxylic acids is 2. The van der Waals surface area contributed by atoms with Gasteiger partial charge in [0.2, 0.25) is 0 Å². The summed E-state index contributed by atoms with van der Waals surface area (Å²) in [6.45, 7) is 4.44. The maximum atomic E-state index is 10.1. The van der Waals surface area contributed by atoms with Crippen molar-refractivity contribution in [3.63, 3.8) is 0 Å². The van der Waals surface area contributed by atoms with Crippen LogP contribution in [0.2, 0.25) is 0 Å². The fraction of sp³-hybridized carbons (Fsp3) is 0.917. The van der Waals surface area contributed by atoms with Gasteiger partial charge in [-0.2, -0.15) is 0 Å². The van der Waals surface area contributed by atoms with E-state index in [1.807, 2.05) is 0 Å². The second-order valence-electron chi connectivity index (χ2n) is 8.18. The Labute approximate surface area is 223 Å². The maximum Gasteiger partial charge on any atom is 2.00 e. The van der Waals surface area contributed by atoms with Crippen LogP contribution in [0.5, 0.6) is 0 Å². The van der Waals surface area contributed by atoms with Crippen molar-refractivity contribution in [2.45, 2.75) is 142 Å². The van der Waals surface area contributed by atoms with Crippen LogP contribution < -0.4 is 10.2 Å². The van der Waals surface area contributed by atoms with Crippen molar-refractivity contribution < 1.29 is 61.2 Å². The molecule has 0 aromatic heterocycles. The van der Waals surface area contributed by atoms with E-state index in [1.165, 1.54) is 89.9 Å². The number of carbonyl (C=O) groups excluding carboxylic acids is 2. The largest absolute Gasteiger partial charge is 2.00 e. The van der Waals surface area contributed by atoms with Crippen molar-refractivity contribution in [3.05, 3.63) is 0 Å². The first kappa shape index (κ1) is 39.7. The normalized spacial score (nSPS) is 9.52. The zero-order chi connectivity index (χ0) is 24.9. The first-order valence-electron chi connectivity index (χ1n) is 12.6. The van der Waals surface area contributed by atoms with Gasteiger partial charge in [0.25, 0.3) is 0 Å². The topological polar surface area (TPSA) is 138 Å². The molecule has 0 aliphatic heterocycles. The van der Waals surface area contributed by atoms with Gasteiger partial charge in [-0.15, -0.1) is 0 Å². The van der Waals surface area contributed by atoms with E-state index in [-0.39, 0.29) is 40.1 Å². The molecule has 0 amide bonds. The van der Waals surface area contributed by atoms with E-state index < -0.39 is 21.1 Å². The fourth-order valence-electron chi connectivity index (χ4n) is 3.16. The molecule has 0 fully saturated rings. The number of hydrogen-bond donors (Lipinski definition) is 2. The van der Waals surface area contributed by atoms with E-state index in [1.54, 1.807) is 0 Å². The summed E-state index contributed by atoms with van der Waals surface area (Å²) in [4.78, 5) is 34.5. The van der Waals surface area contributed by atoms with Crippen LogP contribution in [0.15, 0.2) is 0 Å². The standard InChI is InChI=1S/2C12H24O2.Cd.H2O3Si/c2*1-2-3-4-5-6-7-8-9-10-11-12(13)14;;1-4(2)3/h2*2-11H2,1H3,(H,13,14);;1-2H/q;;+2;/p-2. The van der Waals surface area contributed by atoms with Gasteiger partial charge < -0.3 is 29.4 Å². The monoisotopic (exact) mass is 590 g/mol. The first-order chi connectivity index (χ1) is 15.3. The molecule has 0 atom stereocenters. The Morgan fingerprint density at radius 3 is 0.909 bits per heavy atom. The van der Waals surface area contributed by atoms with E-state index in [0.29, 0.717) is 0 Å². The van der Waals surface area contributed by atoms with Gasteiger partial charge >= 0.3 is 36.5 Å². The van der Waals surface area contributed by atoms with Crippen LogP contribution in [0.1, 0.15) is 142 Å². The average Bonchev–Trinajstić information content (AvgIpc) is 2.71. The van der Waals surface area contributed by atoms with Gasteiger partial charge in [-0.1, -0.05) is 117 Å². The van der Waals surface area contributed by atoms with Crippen LogP contribution in [-0.4, -0.2) is 30.7 Å². The molecule has 0 bridgehead atoms. The van der Waals surface area contributed by atoms with Crippen molar-refractivity contribution in [1.29, 1.82) is 0 Å². The molecular formula is C24H48CdO7Si. The van der Waals surface area contributed by atoms with Gasteiger partial charge in [0.05, 0.1) is 0 Å². The molecule has 0 rings (SSSR count). The molecule has 0 unspecified atom stereocenters. The van der Waals surface area contributed by atoms with Crippen LogP contribution in [0.3, 0.4) is 0 Å². The second kappa shape index (κ2) is 36.1. The molecule has 0 radical (unpaired) electrons. The summed E-state index contributed by atoms with van der Waals surface area (Å²) in [5, 5.41) is 20.2. The minimum atomic E-state index is -3.13. The Morgan fingerprint density at radius 1 is 0.545 bits per heavy atom. The van der Waals surface area contributed by atoms with Gasteiger partial charge in [-0.05, 0) is 25.7 Å². The minimum Gasteiger partial charge on any atom is -0.550 e. The number of carboxylic acid groups (broad SMARTS) is 2. The molecule has 0 aromatic rings. The predicted octanol–water partition coefficient (Wildman–Crippen LogP) is 3.70. The number of carbonyl (C=O) groups is 2. The molecule has 9 heteroatoms.